The molecule has 0 aliphatic carbocycles. The van der Waals surface area contributed by atoms with Crippen molar-refractivity contribution in [2.24, 2.45) is 0 Å². The van der Waals surface area contributed by atoms with Crippen LogP contribution in [0.15, 0.2) is 91.0 Å². The molecule has 1 N–H and O–H groups in total. The van der Waals surface area contributed by atoms with Crippen LogP contribution in [0.3, 0.4) is 0 Å². The molecule has 0 unspecified atom stereocenters. The summed E-state index contributed by atoms with van der Waals surface area (Å²) < 4.78 is 6.04. The molecule has 0 saturated carbocycles. The second-order valence-electron chi connectivity index (χ2n) is 6.12. The van der Waals surface area contributed by atoms with E-state index in [1.807, 2.05) is 66.7 Å². The van der Waals surface area contributed by atoms with Crippen molar-refractivity contribution in [2.45, 2.75) is 13.2 Å². The summed E-state index contributed by atoms with van der Waals surface area (Å²) in [6, 6.07) is 30.5. The van der Waals surface area contributed by atoms with Gasteiger partial charge in [0.15, 0.2) is 0 Å². The average molecular weight is 340 g/mol. The molecule has 0 aliphatic rings. The summed E-state index contributed by atoms with van der Waals surface area (Å²) in [5.74, 6) is 0.832. The summed E-state index contributed by atoms with van der Waals surface area (Å²) in [7, 11) is 0. The van der Waals surface area contributed by atoms with Crippen molar-refractivity contribution < 1.29 is 4.74 Å². The first kappa shape index (κ1) is 16.2. The highest BCUT2D eigenvalue weighted by molar-refractivity contribution is 5.78. The fourth-order valence-corrected chi connectivity index (χ4v) is 2.87. The van der Waals surface area contributed by atoms with Crippen LogP contribution < -0.4 is 10.1 Å². The molecule has 0 aliphatic heterocycles. The fourth-order valence-electron chi connectivity index (χ4n) is 2.87. The molecule has 0 spiro atoms. The van der Waals surface area contributed by atoms with E-state index in [1.165, 1.54) is 5.56 Å². The normalized spacial score (nSPS) is 10.6. The van der Waals surface area contributed by atoms with Gasteiger partial charge in [-0.15, -0.1) is 0 Å². The fraction of sp³-hybridized carbons (Fsp3) is 0.0870. The highest BCUT2D eigenvalue weighted by Gasteiger charge is 2.05. The van der Waals surface area contributed by atoms with Crippen molar-refractivity contribution in [2.75, 3.05) is 5.32 Å². The molecule has 0 fully saturated rings. The van der Waals surface area contributed by atoms with Gasteiger partial charge in [0.2, 0.25) is 0 Å². The lowest BCUT2D eigenvalue weighted by Crippen LogP contribution is -2.04. The van der Waals surface area contributed by atoms with Gasteiger partial charge < -0.3 is 10.1 Å². The van der Waals surface area contributed by atoms with Crippen molar-refractivity contribution in [3.05, 3.63) is 102 Å². The molecular formula is C23H20N2O. The predicted octanol–water partition coefficient (Wildman–Crippen LogP) is 5.43. The number of fused-ring (bicyclic) bond motifs is 1. The minimum atomic E-state index is 0.439. The number of benzene rings is 3. The van der Waals surface area contributed by atoms with E-state index in [9.17, 15) is 0 Å². The lowest BCUT2D eigenvalue weighted by atomic mass is 10.2. The molecular weight excluding hydrogens is 320 g/mol. The van der Waals surface area contributed by atoms with Crippen molar-refractivity contribution in [1.29, 1.82) is 0 Å². The lowest BCUT2D eigenvalue weighted by molar-refractivity contribution is 0.303. The molecule has 0 atom stereocenters. The van der Waals surface area contributed by atoms with Crippen LogP contribution in [0, 0.1) is 0 Å². The van der Waals surface area contributed by atoms with Gasteiger partial charge in [-0.3, -0.25) is 0 Å². The summed E-state index contributed by atoms with van der Waals surface area (Å²) >= 11 is 0. The SMILES string of the molecule is c1ccc(CNc2ccccc2OCc2ccc3ccccc3n2)cc1. The number of pyridine rings is 1. The van der Waals surface area contributed by atoms with E-state index < -0.39 is 0 Å². The van der Waals surface area contributed by atoms with Crippen molar-refractivity contribution in [3.8, 4) is 5.75 Å². The monoisotopic (exact) mass is 340 g/mol. The van der Waals surface area contributed by atoms with Gasteiger partial charge in [-0.2, -0.15) is 0 Å². The molecule has 4 aromatic rings. The van der Waals surface area contributed by atoms with Crippen LogP contribution in [0.1, 0.15) is 11.3 Å². The Labute approximate surface area is 153 Å². The Balaban J connectivity index is 1.45. The van der Waals surface area contributed by atoms with Crippen molar-refractivity contribution in [1.82, 2.24) is 4.98 Å². The first-order valence-electron chi connectivity index (χ1n) is 8.73. The van der Waals surface area contributed by atoms with Crippen LogP contribution in [0.25, 0.3) is 10.9 Å². The Hall–Kier alpha value is -3.33. The molecule has 1 heterocycles. The number of nitrogens with one attached hydrogen (secondary N) is 1. The molecule has 128 valence electrons. The second kappa shape index (κ2) is 7.70. The van der Waals surface area contributed by atoms with E-state index in [4.69, 9.17) is 4.74 Å². The third kappa shape index (κ3) is 3.83. The number of hydrogen-bond donors (Lipinski definition) is 1. The van der Waals surface area contributed by atoms with Gasteiger partial charge in [0, 0.05) is 11.9 Å². The van der Waals surface area contributed by atoms with Gasteiger partial charge in [-0.05, 0) is 29.8 Å². The zero-order valence-electron chi connectivity index (χ0n) is 14.4. The third-order valence-electron chi connectivity index (χ3n) is 4.24. The van der Waals surface area contributed by atoms with Crippen LogP contribution in [0.2, 0.25) is 0 Å². The van der Waals surface area contributed by atoms with Crippen LogP contribution in [-0.2, 0) is 13.2 Å². The Morgan fingerprint density at radius 3 is 2.42 bits per heavy atom. The molecule has 1 aromatic heterocycles. The first-order valence-corrected chi connectivity index (χ1v) is 8.73. The van der Waals surface area contributed by atoms with Crippen LogP contribution in [-0.4, -0.2) is 4.98 Å². The number of anilines is 1. The number of nitrogens with zero attached hydrogens (tertiary/aromatic N) is 1. The molecule has 26 heavy (non-hydrogen) atoms. The van der Waals surface area contributed by atoms with E-state index in [2.05, 4.69) is 34.6 Å². The second-order valence-corrected chi connectivity index (χ2v) is 6.12. The molecule has 3 aromatic carbocycles. The van der Waals surface area contributed by atoms with Crippen LogP contribution in [0.4, 0.5) is 5.69 Å². The summed E-state index contributed by atoms with van der Waals surface area (Å²) in [5, 5.41) is 4.59. The maximum atomic E-state index is 6.04. The number of ether oxygens (including phenoxy) is 1. The Kier molecular flexibility index (Phi) is 4.79. The predicted molar refractivity (Wildman–Crippen MR) is 106 cm³/mol. The number of para-hydroxylation sites is 3. The maximum absolute atomic E-state index is 6.04. The molecule has 3 heteroatoms. The smallest absolute Gasteiger partial charge is 0.142 e. The highest BCUT2D eigenvalue weighted by Crippen LogP contribution is 2.25. The molecule has 4 rings (SSSR count). The summed E-state index contributed by atoms with van der Waals surface area (Å²) in [5.41, 5.74) is 4.13. The van der Waals surface area contributed by atoms with E-state index in [0.29, 0.717) is 6.61 Å². The standard InChI is InChI=1S/C23H20N2O/c1-2-8-18(9-3-1)16-24-22-12-6-7-13-23(22)26-17-20-15-14-19-10-4-5-11-21(19)25-20/h1-15,24H,16-17H2. The minimum absolute atomic E-state index is 0.439. The summed E-state index contributed by atoms with van der Waals surface area (Å²) in [4.78, 5) is 4.67. The van der Waals surface area contributed by atoms with E-state index in [-0.39, 0.29) is 0 Å². The first-order chi connectivity index (χ1) is 12.9. The topological polar surface area (TPSA) is 34.1 Å². The van der Waals surface area contributed by atoms with E-state index >= 15 is 0 Å². The Morgan fingerprint density at radius 2 is 1.50 bits per heavy atom. The van der Waals surface area contributed by atoms with Crippen molar-refractivity contribution in [3.63, 3.8) is 0 Å². The van der Waals surface area contributed by atoms with Crippen LogP contribution in [0.5, 0.6) is 5.75 Å². The molecule has 0 amide bonds. The quantitative estimate of drug-likeness (QED) is 0.508. The van der Waals surface area contributed by atoms with Gasteiger partial charge in [0.05, 0.1) is 16.9 Å². The third-order valence-corrected chi connectivity index (χ3v) is 4.24. The molecule has 3 nitrogen and oxygen atoms in total. The Bertz CT molecular complexity index is 999. The van der Waals surface area contributed by atoms with Crippen LogP contribution >= 0.6 is 0 Å². The number of aromatic nitrogens is 1. The highest BCUT2D eigenvalue weighted by atomic mass is 16.5. The largest absolute Gasteiger partial charge is 0.485 e. The number of rotatable bonds is 6. The van der Waals surface area contributed by atoms with Gasteiger partial charge in [0.25, 0.3) is 0 Å². The summed E-state index contributed by atoms with van der Waals surface area (Å²) in [6.45, 7) is 1.20. The zero-order chi connectivity index (χ0) is 17.6. The molecule has 0 saturated heterocycles. The van der Waals surface area contributed by atoms with E-state index in [1.54, 1.807) is 0 Å². The van der Waals surface area contributed by atoms with Crippen molar-refractivity contribution >= 4 is 16.6 Å². The Morgan fingerprint density at radius 1 is 0.731 bits per heavy atom. The van der Waals surface area contributed by atoms with E-state index in [0.717, 1.165) is 34.6 Å². The van der Waals surface area contributed by atoms with Gasteiger partial charge in [-0.1, -0.05) is 66.7 Å². The lowest BCUT2D eigenvalue weighted by Gasteiger charge is -2.13. The van der Waals surface area contributed by atoms with Gasteiger partial charge >= 0.3 is 0 Å². The minimum Gasteiger partial charge on any atom is -0.485 e. The number of hydrogen-bond acceptors (Lipinski definition) is 3. The van der Waals surface area contributed by atoms with Gasteiger partial charge in [0.1, 0.15) is 12.4 Å². The molecule has 0 bridgehead atoms. The molecule has 0 radical (unpaired) electrons. The van der Waals surface area contributed by atoms with Gasteiger partial charge in [-0.25, -0.2) is 4.98 Å². The maximum Gasteiger partial charge on any atom is 0.142 e. The summed E-state index contributed by atoms with van der Waals surface area (Å²) in [6.07, 6.45) is 0. The average Bonchev–Trinajstić information content (AvgIpc) is 2.72. The zero-order valence-corrected chi connectivity index (χ0v) is 14.4.